The minimum atomic E-state index is -0.523. The summed E-state index contributed by atoms with van der Waals surface area (Å²) >= 11 is 0. The molecule has 0 saturated carbocycles. The van der Waals surface area contributed by atoms with E-state index < -0.39 is 10.8 Å². The Labute approximate surface area is 120 Å². The molecule has 1 aromatic heterocycles. The fraction of sp³-hybridized carbons (Fsp3) is 0.0714. The molecule has 0 aliphatic rings. The molecule has 106 valence electrons. The molecule has 1 aromatic carbocycles. The van der Waals surface area contributed by atoms with Gasteiger partial charge in [-0.25, -0.2) is 5.43 Å². The van der Waals surface area contributed by atoms with Crippen LogP contribution in [-0.2, 0) is 0 Å². The predicted molar refractivity (Wildman–Crippen MR) is 77.1 cm³/mol. The van der Waals surface area contributed by atoms with Gasteiger partial charge in [0.15, 0.2) is 0 Å². The van der Waals surface area contributed by atoms with E-state index in [0.717, 1.165) is 5.56 Å². The van der Waals surface area contributed by atoms with E-state index in [9.17, 15) is 14.9 Å². The van der Waals surface area contributed by atoms with Gasteiger partial charge in [-0.3, -0.25) is 19.9 Å². The SMILES string of the molecule is Cc1c(C(=O)N/N=C/c2cccnc2)cccc1[N+](=O)[O-]. The lowest BCUT2D eigenvalue weighted by Crippen LogP contribution is -2.19. The zero-order valence-electron chi connectivity index (χ0n) is 11.2. The number of aromatic nitrogens is 1. The smallest absolute Gasteiger partial charge is 0.267 e. The topological polar surface area (TPSA) is 97.5 Å². The van der Waals surface area contributed by atoms with Crippen LogP contribution in [0.2, 0.25) is 0 Å². The van der Waals surface area contributed by atoms with E-state index in [1.807, 2.05) is 0 Å². The molecule has 2 aromatic rings. The number of rotatable bonds is 4. The van der Waals surface area contributed by atoms with E-state index in [1.54, 1.807) is 24.5 Å². The minimum Gasteiger partial charge on any atom is -0.267 e. The monoisotopic (exact) mass is 284 g/mol. The highest BCUT2D eigenvalue weighted by atomic mass is 16.6. The fourth-order valence-electron chi connectivity index (χ4n) is 1.75. The number of hydrogen-bond donors (Lipinski definition) is 1. The van der Waals surface area contributed by atoms with Crippen LogP contribution in [0, 0.1) is 17.0 Å². The largest absolute Gasteiger partial charge is 0.273 e. The van der Waals surface area contributed by atoms with Crippen molar-refractivity contribution < 1.29 is 9.72 Å². The Hall–Kier alpha value is -3.09. The number of nitrogens with one attached hydrogen (secondary N) is 1. The maximum atomic E-state index is 12.0. The highest BCUT2D eigenvalue weighted by Gasteiger charge is 2.17. The van der Waals surface area contributed by atoms with E-state index >= 15 is 0 Å². The molecule has 2 rings (SSSR count). The lowest BCUT2D eigenvalue weighted by atomic mass is 10.1. The Kier molecular flexibility index (Phi) is 4.35. The number of hydrogen-bond acceptors (Lipinski definition) is 5. The summed E-state index contributed by atoms with van der Waals surface area (Å²) in [6.07, 6.45) is 4.66. The molecule has 0 atom stereocenters. The molecule has 0 aliphatic carbocycles. The maximum absolute atomic E-state index is 12.0. The van der Waals surface area contributed by atoms with Crippen molar-refractivity contribution in [2.45, 2.75) is 6.92 Å². The van der Waals surface area contributed by atoms with Crippen LogP contribution in [0.25, 0.3) is 0 Å². The Balaban J connectivity index is 2.13. The zero-order chi connectivity index (χ0) is 15.2. The Morgan fingerprint density at radius 2 is 2.19 bits per heavy atom. The van der Waals surface area contributed by atoms with E-state index in [0.29, 0.717) is 5.56 Å². The van der Waals surface area contributed by atoms with Crippen LogP contribution < -0.4 is 5.43 Å². The van der Waals surface area contributed by atoms with Gasteiger partial charge in [-0.2, -0.15) is 5.10 Å². The van der Waals surface area contributed by atoms with Crippen molar-refractivity contribution in [1.29, 1.82) is 0 Å². The summed E-state index contributed by atoms with van der Waals surface area (Å²) in [5.74, 6) is -0.503. The standard InChI is InChI=1S/C14H12N4O3/c1-10-12(5-2-6-13(10)18(20)21)14(19)17-16-9-11-4-3-7-15-8-11/h2-9H,1H3,(H,17,19)/b16-9+. The summed E-state index contributed by atoms with van der Waals surface area (Å²) in [5.41, 5.74) is 3.48. The molecule has 0 aliphatic heterocycles. The van der Waals surface area contributed by atoms with Crippen molar-refractivity contribution in [2.24, 2.45) is 5.10 Å². The number of nitro groups is 1. The molecular formula is C14H12N4O3. The molecule has 0 bridgehead atoms. The lowest BCUT2D eigenvalue weighted by Gasteiger charge is -2.04. The van der Waals surface area contributed by atoms with Crippen molar-refractivity contribution in [1.82, 2.24) is 10.4 Å². The molecule has 0 saturated heterocycles. The van der Waals surface area contributed by atoms with Gasteiger partial charge in [-0.1, -0.05) is 12.1 Å². The first-order chi connectivity index (χ1) is 10.1. The van der Waals surface area contributed by atoms with Crippen molar-refractivity contribution in [2.75, 3.05) is 0 Å². The summed E-state index contributed by atoms with van der Waals surface area (Å²) in [6, 6.07) is 7.85. The van der Waals surface area contributed by atoms with Gasteiger partial charge >= 0.3 is 0 Å². The third-order valence-corrected chi connectivity index (χ3v) is 2.81. The van der Waals surface area contributed by atoms with Gasteiger partial charge in [0.25, 0.3) is 11.6 Å². The third-order valence-electron chi connectivity index (χ3n) is 2.81. The number of hydrazone groups is 1. The van der Waals surface area contributed by atoms with E-state index in [4.69, 9.17) is 0 Å². The van der Waals surface area contributed by atoms with Gasteiger partial charge in [-0.15, -0.1) is 0 Å². The summed E-state index contributed by atoms with van der Waals surface area (Å²) in [7, 11) is 0. The molecule has 1 amide bonds. The number of pyridine rings is 1. The molecule has 7 nitrogen and oxygen atoms in total. The molecule has 0 radical (unpaired) electrons. The third kappa shape index (κ3) is 3.47. The van der Waals surface area contributed by atoms with Gasteiger partial charge in [-0.05, 0) is 19.1 Å². The van der Waals surface area contributed by atoms with Gasteiger partial charge < -0.3 is 0 Å². The average molecular weight is 284 g/mol. The van der Waals surface area contributed by atoms with Crippen LogP contribution in [-0.4, -0.2) is 22.0 Å². The molecular weight excluding hydrogens is 272 g/mol. The maximum Gasteiger partial charge on any atom is 0.273 e. The number of carbonyl (C=O) groups is 1. The first-order valence-electron chi connectivity index (χ1n) is 6.07. The number of nitrogens with zero attached hydrogens (tertiary/aromatic N) is 3. The Bertz CT molecular complexity index is 699. The van der Waals surface area contributed by atoms with Gasteiger partial charge in [0.05, 0.1) is 16.7 Å². The minimum absolute atomic E-state index is 0.0983. The Morgan fingerprint density at radius 3 is 2.86 bits per heavy atom. The van der Waals surface area contributed by atoms with E-state index in [-0.39, 0.29) is 11.3 Å². The second kappa shape index (κ2) is 6.38. The highest BCUT2D eigenvalue weighted by molar-refractivity contribution is 5.97. The first kappa shape index (κ1) is 14.3. The first-order valence-corrected chi connectivity index (χ1v) is 6.07. The van der Waals surface area contributed by atoms with Gasteiger partial charge in [0, 0.05) is 29.6 Å². The van der Waals surface area contributed by atoms with Crippen molar-refractivity contribution >= 4 is 17.8 Å². The average Bonchev–Trinajstić information content (AvgIpc) is 2.48. The van der Waals surface area contributed by atoms with Crippen LogP contribution in [0.5, 0.6) is 0 Å². The molecule has 21 heavy (non-hydrogen) atoms. The summed E-state index contributed by atoms with van der Waals surface area (Å²) in [4.78, 5) is 26.2. The van der Waals surface area contributed by atoms with Crippen molar-refractivity contribution in [3.05, 3.63) is 69.5 Å². The van der Waals surface area contributed by atoms with E-state index in [2.05, 4.69) is 15.5 Å². The summed E-state index contributed by atoms with van der Waals surface area (Å²) < 4.78 is 0. The normalized spacial score (nSPS) is 10.5. The number of carbonyl (C=O) groups excluding carboxylic acids is 1. The molecule has 1 heterocycles. The van der Waals surface area contributed by atoms with Crippen LogP contribution in [0.1, 0.15) is 21.5 Å². The number of benzene rings is 1. The zero-order valence-corrected chi connectivity index (χ0v) is 11.2. The fourth-order valence-corrected chi connectivity index (χ4v) is 1.75. The predicted octanol–water partition coefficient (Wildman–Crippen LogP) is 2.06. The van der Waals surface area contributed by atoms with Crippen LogP contribution in [0.15, 0.2) is 47.8 Å². The highest BCUT2D eigenvalue weighted by Crippen LogP contribution is 2.20. The second-order valence-corrected chi connectivity index (χ2v) is 4.19. The van der Waals surface area contributed by atoms with Crippen LogP contribution >= 0.6 is 0 Å². The van der Waals surface area contributed by atoms with Gasteiger partial charge in [0.2, 0.25) is 0 Å². The molecule has 0 fully saturated rings. The molecule has 7 heteroatoms. The van der Waals surface area contributed by atoms with Gasteiger partial charge in [0.1, 0.15) is 0 Å². The van der Waals surface area contributed by atoms with Crippen LogP contribution in [0.4, 0.5) is 5.69 Å². The Morgan fingerprint density at radius 1 is 1.38 bits per heavy atom. The number of amides is 1. The molecule has 0 spiro atoms. The second-order valence-electron chi connectivity index (χ2n) is 4.19. The lowest BCUT2D eigenvalue weighted by molar-refractivity contribution is -0.385. The number of nitro benzene ring substituents is 1. The van der Waals surface area contributed by atoms with Crippen molar-refractivity contribution in [3.63, 3.8) is 0 Å². The summed E-state index contributed by atoms with van der Waals surface area (Å²) in [5, 5.41) is 14.6. The van der Waals surface area contributed by atoms with E-state index in [1.165, 1.54) is 31.3 Å². The summed E-state index contributed by atoms with van der Waals surface area (Å²) in [6.45, 7) is 1.53. The quantitative estimate of drug-likeness (QED) is 0.528. The van der Waals surface area contributed by atoms with Crippen LogP contribution in [0.3, 0.4) is 0 Å². The van der Waals surface area contributed by atoms with Crippen molar-refractivity contribution in [3.8, 4) is 0 Å². The molecule has 0 unspecified atom stereocenters. The molecule has 1 N–H and O–H groups in total.